The van der Waals surface area contributed by atoms with Gasteiger partial charge in [0.1, 0.15) is 5.82 Å². The highest BCUT2D eigenvalue weighted by molar-refractivity contribution is 5.02. The quantitative estimate of drug-likeness (QED) is 0.705. The molecule has 2 atom stereocenters. The Hall–Kier alpha value is -0.870. The third-order valence-electron chi connectivity index (χ3n) is 3.14. The second kappa shape index (κ2) is 7.45. The average Bonchev–Trinajstić information content (AvgIpc) is 2.77. The van der Waals surface area contributed by atoms with Crippen LogP contribution in [0.1, 0.15) is 38.9 Å². The summed E-state index contributed by atoms with van der Waals surface area (Å²) in [7, 11) is 1.73. The lowest BCUT2D eigenvalue weighted by molar-refractivity contribution is 0.194. The van der Waals surface area contributed by atoms with Crippen LogP contribution in [-0.4, -0.2) is 35.9 Å². The van der Waals surface area contributed by atoms with Crippen molar-refractivity contribution in [2.24, 2.45) is 0 Å². The fourth-order valence-electron chi connectivity index (χ4n) is 1.94. The first-order valence-electron chi connectivity index (χ1n) is 6.44. The SMILES string of the molecule is CCCn1ccnc1C(C)C(C)NCCOC. The molecule has 4 heteroatoms. The van der Waals surface area contributed by atoms with Gasteiger partial charge in [0, 0.05) is 44.6 Å². The van der Waals surface area contributed by atoms with E-state index in [2.05, 4.69) is 41.8 Å². The molecule has 1 rings (SSSR count). The zero-order valence-corrected chi connectivity index (χ0v) is 11.4. The van der Waals surface area contributed by atoms with Crippen molar-refractivity contribution in [1.29, 1.82) is 0 Å². The van der Waals surface area contributed by atoms with Gasteiger partial charge in [-0.3, -0.25) is 0 Å². The molecule has 0 aliphatic rings. The van der Waals surface area contributed by atoms with Crippen LogP contribution in [0.5, 0.6) is 0 Å². The van der Waals surface area contributed by atoms with E-state index in [1.165, 1.54) is 5.82 Å². The Kier molecular flexibility index (Phi) is 6.22. The van der Waals surface area contributed by atoms with Crippen LogP contribution in [0.25, 0.3) is 0 Å². The lowest BCUT2D eigenvalue weighted by atomic mass is 10.0. The molecule has 0 aliphatic carbocycles. The average molecular weight is 239 g/mol. The van der Waals surface area contributed by atoms with Gasteiger partial charge in [-0.15, -0.1) is 0 Å². The lowest BCUT2D eigenvalue weighted by Gasteiger charge is -2.21. The molecule has 0 aliphatic heterocycles. The van der Waals surface area contributed by atoms with Gasteiger partial charge in [-0.05, 0) is 13.3 Å². The minimum Gasteiger partial charge on any atom is -0.383 e. The summed E-state index contributed by atoms with van der Waals surface area (Å²) in [5.74, 6) is 1.58. The van der Waals surface area contributed by atoms with E-state index in [0.29, 0.717) is 12.0 Å². The second-order valence-electron chi connectivity index (χ2n) is 4.50. The van der Waals surface area contributed by atoms with Crippen molar-refractivity contribution < 1.29 is 4.74 Å². The summed E-state index contributed by atoms with van der Waals surface area (Å²) in [5, 5.41) is 3.46. The van der Waals surface area contributed by atoms with Crippen molar-refractivity contribution in [3.05, 3.63) is 18.2 Å². The van der Waals surface area contributed by atoms with E-state index in [0.717, 1.165) is 26.1 Å². The molecule has 0 saturated carbocycles. The molecule has 98 valence electrons. The van der Waals surface area contributed by atoms with E-state index in [1.54, 1.807) is 7.11 Å². The molecule has 1 aromatic rings. The maximum absolute atomic E-state index is 5.04. The summed E-state index contributed by atoms with van der Waals surface area (Å²) in [4.78, 5) is 4.48. The zero-order valence-electron chi connectivity index (χ0n) is 11.4. The summed E-state index contributed by atoms with van der Waals surface area (Å²) in [5.41, 5.74) is 0. The third kappa shape index (κ3) is 4.13. The van der Waals surface area contributed by atoms with Crippen LogP contribution in [0.15, 0.2) is 12.4 Å². The Morgan fingerprint density at radius 3 is 2.88 bits per heavy atom. The highest BCUT2D eigenvalue weighted by Gasteiger charge is 2.18. The van der Waals surface area contributed by atoms with E-state index in [9.17, 15) is 0 Å². The molecule has 0 spiro atoms. The van der Waals surface area contributed by atoms with E-state index in [1.807, 2.05) is 6.20 Å². The number of hydrogen-bond acceptors (Lipinski definition) is 3. The minimum absolute atomic E-state index is 0.406. The highest BCUT2D eigenvalue weighted by atomic mass is 16.5. The topological polar surface area (TPSA) is 39.1 Å². The van der Waals surface area contributed by atoms with Crippen LogP contribution in [0.3, 0.4) is 0 Å². The number of aryl methyl sites for hydroxylation is 1. The van der Waals surface area contributed by atoms with Crippen molar-refractivity contribution in [3.63, 3.8) is 0 Å². The zero-order chi connectivity index (χ0) is 12.7. The fraction of sp³-hybridized carbons (Fsp3) is 0.769. The first-order chi connectivity index (χ1) is 8.20. The van der Waals surface area contributed by atoms with Crippen LogP contribution >= 0.6 is 0 Å². The number of nitrogens with zero attached hydrogens (tertiary/aromatic N) is 2. The molecular formula is C13H25N3O. The molecule has 17 heavy (non-hydrogen) atoms. The maximum atomic E-state index is 5.04. The van der Waals surface area contributed by atoms with Gasteiger partial charge in [0.25, 0.3) is 0 Å². The molecule has 1 heterocycles. The van der Waals surface area contributed by atoms with E-state index >= 15 is 0 Å². The molecule has 0 amide bonds. The molecule has 0 fully saturated rings. The second-order valence-corrected chi connectivity index (χ2v) is 4.50. The van der Waals surface area contributed by atoms with Crippen molar-refractivity contribution in [2.75, 3.05) is 20.3 Å². The molecule has 0 bridgehead atoms. The number of imidazole rings is 1. The fourth-order valence-corrected chi connectivity index (χ4v) is 1.94. The minimum atomic E-state index is 0.406. The number of methoxy groups -OCH3 is 1. The number of nitrogens with one attached hydrogen (secondary N) is 1. The maximum Gasteiger partial charge on any atom is 0.113 e. The van der Waals surface area contributed by atoms with Gasteiger partial charge in [-0.25, -0.2) is 4.98 Å². The Bertz CT molecular complexity index is 311. The van der Waals surface area contributed by atoms with Crippen LogP contribution in [-0.2, 0) is 11.3 Å². The van der Waals surface area contributed by atoms with Gasteiger partial charge in [0.2, 0.25) is 0 Å². The monoisotopic (exact) mass is 239 g/mol. The number of ether oxygens (including phenoxy) is 1. The Morgan fingerprint density at radius 2 is 2.24 bits per heavy atom. The predicted molar refractivity (Wildman–Crippen MR) is 70.3 cm³/mol. The third-order valence-corrected chi connectivity index (χ3v) is 3.14. The molecule has 0 aromatic carbocycles. The van der Waals surface area contributed by atoms with Gasteiger partial charge in [-0.2, -0.15) is 0 Å². The Balaban J connectivity index is 2.54. The van der Waals surface area contributed by atoms with Crippen molar-refractivity contribution >= 4 is 0 Å². The van der Waals surface area contributed by atoms with Crippen LogP contribution in [0.2, 0.25) is 0 Å². The van der Waals surface area contributed by atoms with Crippen molar-refractivity contribution in [1.82, 2.24) is 14.9 Å². The van der Waals surface area contributed by atoms with Crippen LogP contribution in [0.4, 0.5) is 0 Å². The summed E-state index contributed by atoms with van der Waals surface area (Å²) in [6, 6.07) is 0.406. The summed E-state index contributed by atoms with van der Waals surface area (Å²) < 4.78 is 7.29. The normalized spacial score (nSPS) is 14.8. The van der Waals surface area contributed by atoms with Gasteiger partial charge >= 0.3 is 0 Å². The lowest BCUT2D eigenvalue weighted by Crippen LogP contribution is -2.34. The number of hydrogen-bond donors (Lipinski definition) is 1. The Morgan fingerprint density at radius 1 is 1.47 bits per heavy atom. The molecular weight excluding hydrogens is 214 g/mol. The largest absolute Gasteiger partial charge is 0.383 e. The predicted octanol–water partition coefficient (Wildman–Crippen LogP) is 2.02. The van der Waals surface area contributed by atoms with Gasteiger partial charge < -0.3 is 14.6 Å². The van der Waals surface area contributed by atoms with Gasteiger partial charge in [0.05, 0.1) is 6.61 Å². The van der Waals surface area contributed by atoms with Crippen molar-refractivity contribution in [2.45, 2.75) is 45.7 Å². The standard InChI is InChI=1S/C13H25N3O/c1-5-8-16-9-6-15-13(16)11(2)12(3)14-7-10-17-4/h6,9,11-12,14H,5,7-8,10H2,1-4H3. The van der Waals surface area contributed by atoms with Crippen LogP contribution < -0.4 is 5.32 Å². The molecule has 1 aromatic heterocycles. The first-order valence-corrected chi connectivity index (χ1v) is 6.44. The van der Waals surface area contributed by atoms with E-state index in [4.69, 9.17) is 4.74 Å². The summed E-state index contributed by atoms with van der Waals surface area (Å²) in [6.07, 6.45) is 5.10. The van der Waals surface area contributed by atoms with Gasteiger partial charge in [0.15, 0.2) is 0 Å². The molecule has 1 N–H and O–H groups in total. The van der Waals surface area contributed by atoms with Crippen molar-refractivity contribution in [3.8, 4) is 0 Å². The van der Waals surface area contributed by atoms with E-state index < -0.39 is 0 Å². The van der Waals surface area contributed by atoms with E-state index in [-0.39, 0.29) is 0 Å². The summed E-state index contributed by atoms with van der Waals surface area (Å²) >= 11 is 0. The smallest absolute Gasteiger partial charge is 0.113 e. The number of aromatic nitrogens is 2. The number of rotatable bonds is 8. The van der Waals surface area contributed by atoms with Gasteiger partial charge in [-0.1, -0.05) is 13.8 Å². The molecule has 2 unspecified atom stereocenters. The molecule has 0 saturated heterocycles. The van der Waals surface area contributed by atoms with Crippen LogP contribution in [0, 0.1) is 0 Å². The highest BCUT2D eigenvalue weighted by Crippen LogP contribution is 2.17. The molecule has 4 nitrogen and oxygen atoms in total. The Labute approximate surface area is 104 Å². The first kappa shape index (κ1) is 14.2. The summed E-state index contributed by atoms with van der Waals surface area (Å²) in [6.45, 7) is 9.29. The molecule has 0 radical (unpaired) electrons.